The fourth-order valence-corrected chi connectivity index (χ4v) is 3.62. The SMILES string of the molecule is Cn1c(=O)c(C(=O)C[C@@H](Nc2ccc(N([O-])O)cc2)c2ccco2)c(O)c2ccccc21. The zero-order chi connectivity index (χ0) is 22.8. The van der Waals surface area contributed by atoms with E-state index in [0.717, 1.165) is 0 Å². The highest BCUT2D eigenvalue weighted by atomic mass is 16.8. The minimum atomic E-state index is -0.656. The van der Waals surface area contributed by atoms with E-state index in [2.05, 4.69) is 5.32 Å². The van der Waals surface area contributed by atoms with E-state index in [-0.39, 0.29) is 28.6 Å². The number of aromatic nitrogens is 1. The summed E-state index contributed by atoms with van der Waals surface area (Å²) in [5.74, 6) is -0.456. The van der Waals surface area contributed by atoms with Crippen LogP contribution in [0.15, 0.2) is 76.1 Å². The topological polar surface area (TPSA) is 131 Å². The third kappa shape index (κ3) is 3.94. The second-order valence-electron chi connectivity index (χ2n) is 7.26. The van der Waals surface area contributed by atoms with Crippen molar-refractivity contribution >= 4 is 28.1 Å². The maximum absolute atomic E-state index is 13.2. The molecule has 0 saturated carbocycles. The number of nitrogens with one attached hydrogen (secondary N) is 1. The average Bonchev–Trinajstić information content (AvgIpc) is 3.32. The standard InChI is InChI=1S/C23H20N3O6/c1-25-18-6-3-2-5-16(18)22(28)21(23(25)29)19(27)13-17(20-7-4-12-32-20)24-14-8-10-15(11-9-14)26(30)31/h2-12,17,24,28,30H,13H2,1H3/q-1/t17-/m1/s1. The number of hydrogen-bond donors (Lipinski definition) is 3. The molecule has 32 heavy (non-hydrogen) atoms. The molecule has 0 unspecified atom stereocenters. The number of carbonyl (C=O) groups excluding carboxylic acids is 1. The van der Waals surface area contributed by atoms with E-state index in [1.165, 1.54) is 23.0 Å². The molecule has 2 aromatic heterocycles. The van der Waals surface area contributed by atoms with Crippen molar-refractivity contribution in [1.82, 2.24) is 4.57 Å². The fourth-order valence-electron chi connectivity index (χ4n) is 3.62. The van der Waals surface area contributed by atoms with Crippen LogP contribution in [0.2, 0.25) is 0 Å². The molecule has 0 spiro atoms. The monoisotopic (exact) mass is 434 g/mol. The Hall–Kier alpha value is -4.08. The lowest BCUT2D eigenvalue weighted by molar-refractivity contribution is 0.0969. The summed E-state index contributed by atoms with van der Waals surface area (Å²) >= 11 is 0. The molecule has 9 heteroatoms. The van der Waals surface area contributed by atoms with Crippen LogP contribution in [0.5, 0.6) is 5.75 Å². The number of fused-ring (bicyclic) bond motifs is 1. The molecular formula is C23H20N3O6-. The van der Waals surface area contributed by atoms with Gasteiger partial charge in [0.15, 0.2) is 5.78 Å². The first-order chi connectivity index (χ1) is 15.4. The largest absolute Gasteiger partial charge is 0.733 e. The van der Waals surface area contributed by atoms with Gasteiger partial charge in [0.25, 0.3) is 5.56 Å². The van der Waals surface area contributed by atoms with E-state index in [0.29, 0.717) is 22.4 Å². The first-order valence-corrected chi connectivity index (χ1v) is 9.77. The van der Waals surface area contributed by atoms with Gasteiger partial charge in [0.05, 0.1) is 23.5 Å². The van der Waals surface area contributed by atoms with Gasteiger partial charge in [0.2, 0.25) is 0 Å². The van der Waals surface area contributed by atoms with E-state index in [1.54, 1.807) is 55.6 Å². The van der Waals surface area contributed by atoms with E-state index >= 15 is 0 Å². The Morgan fingerprint density at radius 3 is 2.53 bits per heavy atom. The predicted octanol–water partition coefficient (Wildman–Crippen LogP) is 3.96. The Morgan fingerprint density at radius 1 is 1.16 bits per heavy atom. The molecule has 0 radical (unpaired) electrons. The maximum Gasteiger partial charge on any atom is 0.265 e. The highest BCUT2D eigenvalue weighted by Gasteiger charge is 2.26. The van der Waals surface area contributed by atoms with Gasteiger partial charge in [-0.1, -0.05) is 12.1 Å². The number of ketones is 1. The highest BCUT2D eigenvalue weighted by Crippen LogP contribution is 2.30. The molecule has 0 aliphatic rings. The van der Waals surface area contributed by atoms with E-state index in [9.17, 15) is 19.9 Å². The van der Waals surface area contributed by atoms with Crippen molar-refractivity contribution in [2.75, 3.05) is 10.5 Å². The van der Waals surface area contributed by atoms with Crippen LogP contribution in [0.25, 0.3) is 10.9 Å². The molecule has 2 aromatic carbocycles. The lowest BCUT2D eigenvalue weighted by Gasteiger charge is -2.22. The van der Waals surface area contributed by atoms with Gasteiger partial charge in [-0.05, 0) is 48.5 Å². The molecule has 0 saturated heterocycles. The van der Waals surface area contributed by atoms with E-state index in [1.807, 2.05) is 0 Å². The van der Waals surface area contributed by atoms with Gasteiger partial charge in [-0.3, -0.25) is 14.8 Å². The number of anilines is 2. The minimum absolute atomic E-state index is 0.0470. The van der Waals surface area contributed by atoms with Gasteiger partial charge >= 0.3 is 0 Å². The number of aromatic hydroxyl groups is 1. The quantitative estimate of drug-likeness (QED) is 0.294. The van der Waals surface area contributed by atoms with Crippen LogP contribution in [-0.2, 0) is 7.05 Å². The molecule has 164 valence electrons. The van der Waals surface area contributed by atoms with Crippen molar-refractivity contribution in [2.24, 2.45) is 7.05 Å². The number of para-hydroxylation sites is 1. The minimum Gasteiger partial charge on any atom is -0.733 e. The molecule has 2 heterocycles. The van der Waals surface area contributed by atoms with Crippen LogP contribution >= 0.6 is 0 Å². The number of aryl methyl sites for hydroxylation is 1. The molecule has 0 amide bonds. The second-order valence-corrected chi connectivity index (χ2v) is 7.26. The smallest absolute Gasteiger partial charge is 0.265 e. The third-order valence-corrected chi connectivity index (χ3v) is 5.26. The highest BCUT2D eigenvalue weighted by molar-refractivity contribution is 6.03. The zero-order valence-corrected chi connectivity index (χ0v) is 17.1. The summed E-state index contributed by atoms with van der Waals surface area (Å²) in [4.78, 5) is 26.0. The van der Waals surface area contributed by atoms with Crippen molar-refractivity contribution in [2.45, 2.75) is 12.5 Å². The van der Waals surface area contributed by atoms with Crippen molar-refractivity contribution in [1.29, 1.82) is 0 Å². The number of Topliss-reactive ketones (excluding diaryl/α,β-unsaturated/α-hetero) is 1. The van der Waals surface area contributed by atoms with Crippen LogP contribution in [0.4, 0.5) is 11.4 Å². The lowest BCUT2D eigenvalue weighted by Crippen LogP contribution is -2.26. The van der Waals surface area contributed by atoms with E-state index in [4.69, 9.17) is 9.62 Å². The van der Waals surface area contributed by atoms with Gasteiger partial charge < -0.3 is 29.8 Å². The average molecular weight is 434 g/mol. The van der Waals surface area contributed by atoms with Crippen molar-refractivity contribution in [3.8, 4) is 5.75 Å². The van der Waals surface area contributed by atoms with Crippen LogP contribution in [-0.4, -0.2) is 20.7 Å². The molecule has 0 fully saturated rings. The first-order valence-electron chi connectivity index (χ1n) is 9.77. The Bertz CT molecular complexity index is 1310. The summed E-state index contributed by atoms with van der Waals surface area (Å²) in [7, 11) is 1.55. The fraction of sp³-hybridized carbons (Fsp3) is 0.130. The Kier molecular flexibility index (Phi) is 5.67. The molecule has 9 nitrogen and oxygen atoms in total. The van der Waals surface area contributed by atoms with Crippen molar-refractivity contribution in [3.63, 3.8) is 0 Å². The molecule has 0 aliphatic carbocycles. The Labute approximate surface area is 182 Å². The summed E-state index contributed by atoms with van der Waals surface area (Å²) in [6.07, 6.45) is 1.29. The van der Waals surface area contributed by atoms with Crippen LogP contribution < -0.4 is 16.1 Å². The summed E-state index contributed by atoms with van der Waals surface area (Å²) in [6.45, 7) is 0. The summed E-state index contributed by atoms with van der Waals surface area (Å²) < 4.78 is 6.80. The van der Waals surface area contributed by atoms with Crippen LogP contribution in [0.3, 0.4) is 0 Å². The van der Waals surface area contributed by atoms with Gasteiger partial charge in [-0.2, -0.15) is 0 Å². The van der Waals surface area contributed by atoms with Gasteiger partial charge in [-0.25, -0.2) is 0 Å². The molecule has 1 atom stereocenters. The second kappa shape index (κ2) is 8.58. The molecular weight excluding hydrogens is 414 g/mol. The number of benzene rings is 2. The number of carbonyl (C=O) groups is 1. The molecule has 3 N–H and O–H groups in total. The zero-order valence-electron chi connectivity index (χ0n) is 17.1. The maximum atomic E-state index is 13.2. The lowest BCUT2D eigenvalue weighted by atomic mass is 10.00. The molecule has 0 aliphatic heterocycles. The number of nitrogens with zero attached hydrogens (tertiary/aromatic N) is 2. The molecule has 0 bridgehead atoms. The number of pyridine rings is 1. The van der Waals surface area contributed by atoms with Gasteiger partial charge in [0, 0.05) is 24.5 Å². The van der Waals surface area contributed by atoms with Crippen LogP contribution in [0, 0.1) is 5.21 Å². The third-order valence-electron chi connectivity index (χ3n) is 5.26. The van der Waals surface area contributed by atoms with Crippen molar-refractivity contribution in [3.05, 3.63) is 93.8 Å². The molecule has 4 rings (SSSR count). The summed E-state index contributed by atoms with van der Waals surface area (Å²) in [5, 5.41) is 34.0. The van der Waals surface area contributed by atoms with Gasteiger partial charge in [0.1, 0.15) is 17.1 Å². The van der Waals surface area contributed by atoms with E-state index < -0.39 is 17.4 Å². The molecule has 4 aromatic rings. The van der Waals surface area contributed by atoms with Gasteiger partial charge in [-0.15, -0.1) is 0 Å². The number of furan rings is 1. The number of hydrogen-bond acceptors (Lipinski definition) is 8. The summed E-state index contributed by atoms with van der Waals surface area (Å²) in [6, 6.07) is 15.4. The summed E-state index contributed by atoms with van der Waals surface area (Å²) in [5.41, 5.74) is 0.240. The van der Waals surface area contributed by atoms with Crippen molar-refractivity contribution < 1.29 is 19.5 Å². The Balaban J connectivity index is 1.68. The predicted molar refractivity (Wildman–Crippen MR) is 119 cm³/mol. The normalized spacial score (nSPS) is 12.0. The Morgan fingerprint density at radius 2 is 1.88 bits per heavy atom. The number of rotatable bonds is 7. The van der Waals surface area contributed by atoms with Crippen LogP contribution in [0.1, 0.15) is 28.6 Å². The first kappa shape index (κ1) is 21.2.